The normalized spacial score (nSPS) is 21.4. The van der Waals surface area contributed by atoms with E-state index in [-0.39, 0.29) is 5.91 Å². The molecule has 5 rings (SSSR count). The minimum absolute atomic E-state index is 0.0906. The number of imidazole rings is 1. The molecule has 27 heavy (non-hydrogen) atoms. The van der Waals surface area contributed by atoms with Gasteiger partial charge in [0, 0.05) is 24.2 Å². The van der Waals surface area contributed by atoms with Crippen LogP contribution in [-0.4, -0.2) is 45.0 Å². The van der Waals surface area contributed by atoms with Crippen LogP contribution in [0.15, 0.2) is 30.3 Å². The predicted molar refractivity (Wildman–Crippen MR) is 107 cm³/mol. The second kappa shape index (κ2) is 6.23. The smallest absolute Gasteiger partial charge is 0.268 e. The van der Waals surface area contributed by atoms with Gasteiger partial charge in [0.1, 0.15) is 5.82 Å². The first-order valence-corrected chi connectivity index (χ1v) is 9.81. The molecule has 2 aromatic carbocycles. The van der Waals surface area contributed by atoms with Crippen LogP contribution in [0.2, 0.25) is 10.0 Å². The number of piperidine rings is 1. The summed E-state index contributed by atoms with van der Waals surface area (Å²) in [7, 11) is 0. The number of aromatic nitrogens is 2. The lowest BCUT2D eigenvalue weighted by Gasteiger charge is -2.24. The van der Waals surface area contributed by atoms with E-state index in [1.165, 1.54) is 0 Å². The van der Waals surface area contributed by atoms with E-state index < -0.39 is 0 Å². The second-order valence-corrected chi connectivity index (χ2v) is 8.05. The van der Waals surface area contributed by atoms with Gasteiger partial charge in [-0.05, 0) is 49.6 Å². The van der Waals surface area contributed by atoms with Crippen LogP contribution in [0.1, 0.15) is 28.8 Å². The van der Waals surface area contributed by atoms with Crippen molar-refractivity contribution in [3.8, 4) is 11.4 Å². The SMILES string of the molecule is Cc1cc(C(=O)N2C3CCN2CC3)ccc1-c1nc2cc(Cl)c(Cl)cc2[nH]1. The van der Waals surface area contributed by atoms with E-state index in [4.69, 9.17) is 23.2 Å². The number of fused-ring (bicyclic) bond motifs is 3. The van der Waals surface area contributed by atoms with Crippen molar-refractivity contribution in [3.05, 3.63) is 51.5 Å². The molecule has 0 spiro atoms. The third-order valence-corrected chi connectivity index (χ3v) is 6.27. The number of benzene rings is 2. The van der Waals surface area contributed by atoms with E-state index in [0.29, 0.717) is 16.1 Å². The van der Waals surface area contributed by atoms with Gasteiger partial charge in [0.05, 0.1) is 27.1 Å². The Bertz CT molecular complexity index is 1020. The standard InChI is InChI=1S/C20H18Cl2N4O/c1-11-8-12(20(27)26-13-4-6-25(26)7-5-13)2-3-14(11)19-23-17-9-15(21)16(22)10-18(17)24-19/h2-3,8-10,13H,4-7H2,1H3,(H,23,24). The Labute approximate surface area is 166 Å². The molecule has 2 aliphatic rings. The second-order valence-electron chi connectivity index (χ2n) is 7.23. The quantitative estimate of drug-likeness (QED) is 0.679. The molecule has 3 heterocycles. The molecule has 5 nitrogen and oxygen atoms in total. The molecule has 1 N–H and O–H groups in total. The number of nitrogens with one attached hydrogen (secondary N) is 1. The first-order chi connectivity index (χ1) is 13.0. The number of hydrazine groups is 1. The molecule has 1 amide bonds. The van der Waals surface area contributed by atoms with Crippen LogP contribution in [0.3, 0.4) is 0 Å². The number of hydrogen-bond donors (Lipinski definition) is 1. The van der Waals surface area contributed by atoms with Crippen molar-refractivity contribution in [1.82, 2.24) is 20.0 Å². The Balaban J connectivity index is 1.49. The fourth-order valence-corrected chi connectivity index (χ4v) is 4.49. The van der Waals surface area contributed by atoms with Crippen LogP contribution in [0, 0.1) is 6.92 Å². The van der Waals surface area contributed by atoms with Gasteiger partial charge in [-0.3, -0.25) is 9.80 Å². The highest BCUT2D eigenvalue weighted by atomic mass is 35.5. The highest BCUT2D eigenvalue weighted by Crippen LogP contribution is 2.32. The van der Waals surface area contributed by atoms with Gasteiger partial charge < -0.3 is 4.98 Å². The summed E-state index contributed by atoms with van der Waals surface area (Å²) in [6.07, 6.45) is 2.15. The molecular formula is C20H18Cl2N4O. The van der Waals surface area contributed by atoms with Gasteiger partial charge in [-0.25, -0.2) is 9.99 Å². The lowest BCUT2D eigenvalue weighted by molar-refractivity contribution is 0.0334. The molecule has 0 saturated carbocycles. The van der Waals surface area contributed by atoms with Gasteiger partial charge in [0.2, 0.25) is 0 Å². The highest BCUT2D eigenvalue weighted by Gasteiger charge is 2.41. The first kappa shape index (κ1) is 17.0. The fraction of sp³-hybridized carbons (Fsp3) is 0.300. The zero-order valence-electron chi connectivity index (χ0n) is 14.8. The van der Waals surface area contributed by atoms with E-state index in [2.05, 4.69) is 15.0 Å². The van der Waals surface area contributed by atoms with Gasteiger partial charge in [0.15, 0.2) is 0 Å². The molecule has 0 radical (unpaired) electrons. The lowest BCUT2D eigenvalue weighted by Crippen LogP contribution is -2.38. The average Bonchev–Trinajstić information content (AvgIpc) is 3.35. The molecule has 0 atom stereocenters. The van der Waals surface area contributed by atoms with Crippen LogP contribution in [0.4, 0.5) is 0 Å². The summed E-state index contributed by atoms with van der Waals surface area (Å²) in [5.74, 6) is 0.831. The molecule has 3 aromatic rings. The molecule has 1 aromatic heterocycles. The molecule has 138 valence electrons. The number of hydrogen-bond acceptors (Lipinski definition) is 3. The maximum Gasteiger partial charge on any atom is 0.268 e. The Morgan fingerprint density at radius 2 is 1.89 bits per heavy atom. The summed E-state index contributed by atoms with van der Waals surface area (Å²) in [5.41, 5.74) is 4.27. The number of carbonyl (C=O) groups is 1. The minimum atomic E-state index is 0.0906. The number of H-pyrrole nitrogens is 1. The molecule has 7 heteroatoms. The molecule has 0 unspecified atom stereocenters. The predicted octanol–water partition coefficient (Wildman–Crippen LogP) is 4.68. The Kier molecular flexibility index (Phi) is 3.93. The summed E-state index contributed by atoms with van der Waals surface area (Å²) in [4.78, 5) is 20.9. The van der Waals surface area contributed by atoms with Crippen molar-refractivity contribution in [3.63, 3.8) is 0 Å². The van der Waals surface area contributed by atoms with Crippen molar-refractivity contribution in [2.24, 2.45) is 0 Å². The topological polar surface area (TPSA) is 52.2 Å². The Morgan fingerprint density at radius 1 is 1.15 bits per heavy atom. The van der Waals surface area contributed by atoms with Crippen molar-refractivity contribution in [1.29, 1.82) is 0 Å². The van der Waals surface area contributed by atoms with Gasteiger partial charge in [-0.15, -0.1) is 0 Å². The molecule has 2 bridgehead atoms. The zero-order chi connectivity index (χ0) is 18.7. The third-order valence-electron chi connectivity index (χ3n) is 5.55. The number of carbonyl (C=O) groups excluding carboxylic acids is 1. The third kappa shape index (κ3) is 2.73. The van der Waals surface area contributed by atoms with E-state index in [1.54, 1.807) is 12.1 Å². The number of halogens is 2. The number of amides is 1. The zero-order valence-corrected chi connectivity index (χ0v) is 16.3. The summed E-state index contributed by atoms with van der Waals surface area (Å²) in [6.45, 7) is 3.97. The maximum atomic E-state index is 13.0. The van der Waals surface area contributed by atoms with Crippen molar-refractivity contribution in [2.75, 3.05) is 13.1 Å². The largest absolute Gasteiger partial charge is 0.338 e. The van der Waals surface area contributed by atoms with Gasteiger partial charge in [0.25, 0.3) is 5.91 Å². The van der Waals surface area contributed by atoms with Crippen molar-refractivity contribution >= 4 is 40.1 Å². The van der Waals surface area contributed by atoms with Crippen LogP contribution < -0.4 is 0 Å². The van der Waals surface area contributed by atoms with E-state index in [0.717, 1.165) is 59.5 Å². The average molecular weight is 401 g/mol. The van der Waals surface area contributed by atoms with Crippen LogP contribution >= 0.6 is 23.2 Å². The van der Waals surface area contributed by atoms with Gasteiger partial charge >= 0.3 is 0 Å². The first-order valence-electron chi connectivity index (χ1n) is 9.05. The molecule has 2 saturated heterocycles. The number of aryl methyl sites for hydroxylation is 1. The minimum Gasteiger partial charge on any atom is -0.338 e. The van der Waals surface area contributed by atoms with E-state index in [9.17, 15) is 4.79 Å². The van der Waals surface area contributed by atoms with Crippen LogP contribution in [-0.2, 0) is 0 Å². The summed E-state index contributed by atoms with van der Waals surface area (Å²) in [6, 6.07) is 9.68. The summed E-state index contributed by atoms with van der Waals surface area (Å²) < 4.78 is 0. The molecule has 2 aliphatic heterocycles. The molecule has 0 aliphatic carbocycles. The summed E-state index contributed by atoms with van der Waals surface area (Å²) in [5, 5.41) is 5.09. The van der Waals surface area contributed by atoms with Crippen LogP contribution in [0.5, 0.6) is 0 Å². The lowest BCUT2D eigenvalue weighted by atomic mass is 10.0. The van der Waals surface area contributed by atoms with Gasteiger partial charge in [-0.1, -0.05) is 29.3 Å². The van der Waals surface area contributed by atoms with Crippen molar-refractivity contribution < 1.29 is 4.79 Å². The van der Waals surface area contributed by atoms with Crippen LogP contribution in [0.25, 0.3) is 22.4 Å². The van der Waals surface area contributed by atoms with Crippen molar-refractivity contribution in [2.45, 2.75) is 25.8 Å². The Hall–Kier alpha value is -2.08. The summed E-state index contributed by atoms with van der Waals surface area (Å²) >= 11 is 12.2. The number of rotatable bonds is 2. The monoisotopic (exact) mass is 400 g/mol. The fourth-order valence-electron chi connectivity index (χ4n) is 4.16. The highest BCUT2D eigenvalue weighted by molar-refractivity contribution is 6.42. The molecule has 2 fully saturated rings. The number of nitrogens with zero attached hydrogens (tertiary/aromatic N) is 3. The molecular weight excluding hydrogens is 383 g/mol. The van der Waals surface area contributed by atoms with E-state index >= 15 is 0 Å². The Morgan fingerprint density at radius 3 is 2.56 bits per heavy atom. The maximum absolute atomic E-state index is 13.0. The number of aromatic amines is 1. The van der Waals surface area contributed by atoms with Gasteiger partial charge in [-0.2, -0.15) is 0 Å². The van der Waals surface area contributed by atoms with E-state index in [1.807, 2.05) is 30.1 Å².